The number of rotatable bonds is 7. The summed E-state index contributed by atoms with van der Waals surface area (Å²) in [5, 5.41) is 3.16. The van der Waals surface area contributed by atoms with Crippen molar-refractivity contribution in [3.8, 4) is 11.5 Å². The van der Waals surface area contributed by atoms with Crippen LogP contribution in [0.15, 0.2) is 54.6 Å². The van der Waals surface area contributed by atoms with Gasteiger partial charge in [-0.2, -0.15) is 8.42 Å². The summed E-state index contributed by atoms with van der Waals surface area (Å²) in [6.45, 7) is 13.4. The maximum atomic E-state index is 13.1. The monoisotopic (exact) mass is 583 g/mol. The molecule has 0 aliphatic rings. The van der Waals surface area contributed by atoms with Crippen molar-refractivity contribution in [1.82, 2.24) is 5.32 Å². The molecule has 220 valence electrons. The van der Waals surface area contributed by atoms with Crippen molar-refractivity contribution < 1.29 is 36.8 Å². The number of nitrogens with one attached hydrogen (secondary N) is 1. The number of carbonyl (C=O) groups is 3. The molecule has 0 spiro atoms. The molecule has 3 aromatic carbocycles. The Labute approximate surface area is 241 Å². The van der Waals surface area contributed by atoms with E-state index in [9.17, 15) is 22.8 Å². The first-order chi connectivity index (χ1) is 18.8. The molecular weight excluding hydrogens is 546 g/mol. The summed E-state index contributed by atoms with van der Waals surface area (Å²) in [5.74, 6) is -1.30. The van der Waals surface area contributed by atoms with E-state index in [1.54, 1.807) is 18.2 Å². The Kier molecular flexibility index (Phi) is 11.1. The van der Waals surface area contributed by atoms with Gasteiger partial charge in [0.15, 0.2) is 17.3 Å². The smallest absolute Gasteiger partial charge is 0.343 e. The fraction of sp³-hybridized carbons (Fsp3) is 0.323. The number of esters is 2. The fourth-order valence-electron chi connectivity index (χ4n) is 3.51. The van der Waals surface area contributed by atoms with E-state index < -0.39 is 22.1 Å². The van der Waals surface area contributed by atoms with Gasteiger partial charge in [-0.25, -0.2) is 9.59 Å². The lowest BCUT2D eigenvalue weighted by Gasteiger charge is -2.20. The van der Waals surface area contributed by atoms with Crippen molar-refractivity contribution >= 4 is 27.8 Å². The van der Waals surface area contributed by atoms with Crippen molar-refractivity contribution in [2.45, 2.75) is 54.0 Å². The van der Waals surface area contributed by atoms with E-state index in [1.165, 1.54) is 12.1 Å². The Bertz CT molecular complexity index is 1540. The van der Waals surface area contributed by atoms with Gasteiger partial charge < -0.3 is 14.8 Å². The van der Waals surface area contributed by atoms with Crippen LogP contribution in [0.2, 0.25) is 0 Å². The second-order valence-corrected chi connectivity index (χ2v) is 12.3. The lowest BCUT2D eigenvalue weighted by atomic mass is 10.1. The van der Waals surface area contributed by atoms with Crippen molar-refractivity contribution in [1.29, 1.82) is 0 Å². The second-order valence-electron chi connectivity index (χ2n) is 10.8. The highest BCUT2D eigenvalue weighted by Gasteiger charge is 2.21. The number of carbonyl (C=O) groups excluding carboxylic acids is 3. The SMILES string of the molecule is CS(=O)(=O)O.Cc1ccc(C)c(C(=O)Oc2ccc(C(=O)CNC(C)(C)C)cc2OC(=O)c2cc(C)ccc2C)c1. The van der Waals surface area contributed by atoms with Crippen molar-refractivity contribution in [3.05, 3.63) is 93.5 Å². The topological polar surface area (TPSA) is 136 Å². The lowest BCUT2D eigenvalue weighted by molar-refractivity contribution is 0.0681. The van der Waals surface area contributed by atoms with Crippen LogP contribution in [0.4, 0.5) is 0 Å². The van der Waals surface area contributed by atoms with E-state index >= 15 is 0 Å². The van der Waals surface area contributed by atoms with Gasteiger partial charge in [0.1, 0.15) is 0 Å². The van der Waals surface area contributed by atoms with Crippen molar-refractivity contribution in [3.63, 3.8) is 0 Å². The Morgan fingerprint density at radius 3 is 1.63 bits per heavy atom. The molecule has 0 saturated heterocycles. The van der Waals surface area contributed by atoms with Gasteiger partial charge in [-0.15, -0.1) is 0 Å². The lowest BCUT2D eigenvalue weighted by Crippen LogP contribution is -2.39. The minimum Gasteiger partial charge on any atom is -0.419 e. The van der Waals surface area contributed by atoms with E-state index in [4.69, 9.17) is 14.0 Å². The highest BCUT2D eigenvalue weighted by molar-refractivity contribution is 7.85. The summed E-state index contributed by atoms with van der Waals surface area (Å²) in [7, 11) is -3.67. The molecule has 10 heteroatoms. The van der Waals surface area contributed by atoms with Crippen LogP contribution in [0.1, 0.15) is 74.1 Å². The Hall–Kier alpha value is -3.86. The summed E-state index contributed by atoms with van der Waals surface area (Å²) < 4.78 is 37.2. The zero-order valence-corrected chi connectivity index (χ0v) is 25.4. The molecule has 3 aromatic rings. The van der Waals surface area contributed by atoms with Gasteiger partial charge >= 0.3 is 11.9 Å². The maximum absolute atomic E-state index is 13.1. The van der Waals surface area contributed by atoms with E-state index in [2.05, 4.69) is 5.32 Å². The molecule has 3 rings (SSSR count). The average molecular weight is 584 g/mol. The summed E-state index contributed by atoms with van der Waals surface area (Å²) in [6.07, 6.45) is 0.715. The van der Waals surface area contributed by atoms with Crippen LogP contribution in [0.25, 0.3) is 0 Å². The molecule has 0 unspecified atom stereocenters. The van der Waals surface area contributed by atoms with E-state index in [1.807, 2.05) is 72.7 Å². The van der Waals surface area contributed by atoms with Gasteiger partial charge in [0, 0.05) is 11.1 Å². The first-order valence-corrected chi connectivity index (χ1v) is 14.6. The number of Topliss-reactive ketones (excluding diaryl/α,β-unsaturated/α-hetero) is 1. The average Bonchev–Trinajstić information content (AvgIpc) is 2.84. The molecule has 0 atom stereocenters. The summed E-state index contributed by atoms with van der Waals surface area (Å²) in [4.78, 5) is 38.9. The van der Waals surface area contributed by atoms with Gasteiger partial charge in [0.25, 0.3) is 10.1 Å². The molecule has 0 aliphatic heterocycles. The molecule has 9 nitrogen and oxygen atoms in total. The number of hydrogen-bond donors (Lipinski definition) is 2. The van der Waals surface area contributed by atoms with E-state index in [-0.39, 0.29) is 29.4 Å². The van der Waals surface area contributed by atoms with Crippen LogP contribution in [0.3, 0.4) is 0 Å². The van der Waals surface area contributed by atoms with E-state index in [0.29, 0.717) is 22.9 Å². The molecule has 0 aromatic heterocycles. The minimum absolute atomic E-state index is 0.00108. The zero-order chi connectivity index (χ0) is 31.1. The van der Waals surface area contributed by atoms with Crippen LogP contribution in [-0.4, -0.2) is 49.0 Å². The molecular formula is C31H37NO8S. The first kappa shape index (κ1) is 33.3. The third-order valence-corrected chi connectivity index (χ3v) is 5.68. The van der Waals surface area contributed by atoms with Crippen LogP contribution in [0, 0.1) is 27.7 Å². The van der Waals surface area contributed by atoms with Gasteiger partial charge in [-0.1, -0.05) is 35.4 Å². The summed E-state index contributed by atoms with van der Waals surface area (Å²) >= 11 is 0. The number of hydrogen-bond acceptors (Lipinski definition) is 8. The molecule has 0 bridgehead atoms. The molecule has 0 heterocycles. The normalized spacial score (nSPS) is 11.2. The van der Waals surface area contributed by atoms with Crippen LogP contribution in [-0.2, 0) is 10.1 Å². The van der Waals surface area contributed by atoms with Gasteiger partial charge in [0.2, 0.25) is 0 Å². The number of aryl methyl sites for hydroxylation is 4. The van der Waals surface area contributed by atoms with Crippen LogP contribution in [0.5, 0.6) is 11.5 Å². The quantitative estimate of drug-likeness (QED) is 0.161. The fourth-order valence-corrected chi connectivity index (χ4v) is 3.51. The zero-order valence-electron chi connectivity index (χ0n) is 24.6. The highest BCUT2D eigenvalue weighted by Crippen LogP contribution is 2.31. The largest absolute Gasteiger partial charge is 0.419 e. The molecule has 0 radical (unpaired) electrons. The van der Waals surface area contributed by atoms with E-state index in [0.717, 1.165) is 22.3 Å². The molecule has 0 saturated carbocycles. The Morgan fingerprint density at radius 1 is 0.756 bits per heavy atom. The maximum Gasteiger partial charge on any atom is 0.343 e. The number of ether oxygens (including phenoxy) is 2. The number of ketones is 1. The van der Waals surface area contributed by atoms with Gasteiger partial charge in [-0.3, -0.25) is 9.35 Å². The number of benzene rings is 3. The summed E-state index contributed by atoms with van der Waals surface area (Å²) in [6, 6.07) is 15.5. The van der Waals surface area contributed by atoms with Crippen LogP contribution >= 0.6 is 0 Å². The van der Waals surface area contributed by atoms with Gasteiger partial charge in [-0.05, 0) is 89.9 Å². The Morgan fingerprint density at radius 2 is 1.20 bits per heavy atom. The molecule has 2 N–H and O–H groups in total. The molecule has 41 heavy (non-hydrogen) atoms. The standard InChI is InChI=1S/C30H33NO5.CH4O3S/c1-18-8-10-20(3)23(14-18)28(33)35-26-13-12-22(25(32)17-31-30(5,6)7)16-27(26)36-29(34)24-15-19(2)9-11-21(24)4;1-5(2,3)4/h8-16,31H,17H2,1-7H3;1H3,(H,2,3,4). The van der Waals surface area contributed by atoms with Crippen molar-refractivity contribution in [2.24, 2.45) is 0 Å². The highest BCUT2D eigenvalue weighted by atomic mass is 32.2. The molecule has 0 aliphatic carbocycles. The predicted molar refractivity (Wildman–Crippen MR) is 158 cm³/mol. The minimum atomic E-state index is -3.67. The molecule has 0 amide bonds. The predicted octanol–water partition coefficient (Wildman–Crippen LogP) is 5.43. The first-order valence-electron chi connectivity index (χ1n) is 12.8. The van der Waals surface area contributed by atoms with Crippen molar-refractivity contribution in [2.75, 3.05) is 12.8 Å². The third-order valence-electron chi connectivity index (χ3n) is 5.68. The second kappa shape index (κ2) is 13.7. The Balaban J connectivity index is 0.00000108. The summed E-state index contributed by atoms with van der Waals surface area (Å²) in [5.41, 5.74) is 4.24. The third kappa shape index (κ3) is 11.3. The van der Waals surface area contributed by atoms with Crippen LogP contribution < -0.4 is 14.8 Å². The molecule has 0 fully saturated rings. The van der Waals surface area contributed by atoms with Gasteiger partial charge in [0.05, 0.1) is 23.9 Å².